The maximum absolute atomic E-state index is 12.5. The molecule has 1 aliphatic heterocycles. The number of aromatic carboxylic acids is 1. The van der Waals surface area contributed by atoms with Crippen LogP contribution in [0.15, 0.2) is 28.7 Å². The van der Waals surface area contributed by atoms with Crippen LogP contribution >= 0.6 is 0 Å². The first-order chi connectivity index (χ1) is 12.0. The van der Waals surface area contributed by atoms with Crippen LogP contribution in [0.1, 0.15) is 64.1 Å². The minimum Gasteiger partial charge on any atom is -0.493 e. The number of amides is 1. The molecule has 6 heteroatoms. The molecule has 2 aromatic rings. The number of para-hydroxylation sites is 1. The van der Waals surface area contributed by atoms with Crippen molar-refractivity contribution in [2.24, 2.45) is 0 Å². The Kier molecular flexibility index (Phi) is 4.79. The molecule has 0 spiro atoms. The van der Waals surface area contributed by atoms with Gasteiger partial charge in [0, 0.05) is 24.5 Å². The fourth-order valence-electron chi connectivity index (χ4n) is 3.13. The monoisotopic (exact) mass is 343 g/mol. The third-order valence-electron chi connectivity index (χ3n) is 4.43. The van der Waals surface area contributed by atoms with E-state index in [2.05, 4.69) is 12.2 Å². The molecular weight excluding hydrogens is 322 g/mol. The minimum absolute atomic E-state index is 0.0222. The zero-order valence-electron chi connectivity index (χ0n) is 14.3. The number of carbonyl (C=O) groups is 2. The van der Waals surface area contributed by atoms with E-state index in [4.69, 9.17) is 9.15 Å². The van der Waals surface area contributed by atoms with E-state index < -0.39 is 11.9 Å². The summed E-state index contributed by atoms with van der Waals surface area (Å²) >= 11 is 0. The quantitative estimate of drug-likeness (QED) is 0.869. The fourth-order valence-corrected chi connectivity index (χ4v) is 3.13. The standard InChI is InChI=1S/C19H21NO5/c1-3-11-6-5-7-12-14(8-9-24-17(11)12)20-18(21)16-10-13(19(22)23)15(4-2)25-16/h5-7,10,14H,3-4,8-9H2,1-2H3,(H,20,21)(H,22,23). The van der Waals surface area contributed by atoms with Crippen LogP contribution in [-0.2, 0) is 12.8 Å². The zero-order valence-corrected chi connectivity index (χ0v) is 14.3. The van der Waals surface area contributed by atoms with E-state index in [1.807, 2.05) is 18.2 Å². The van der Waals surface area contributed by atoms with E-state index in [0.717, 1.165) is 23.3 Å². The molecule has 1 unspecified atom stereocenters. The van der Waals surface area contributed by atoms with Crippen molar-refractivity contribution in [2.45, 2.75) is 39.2 Å². The van der Waals surface area contributed by atoms with Gasteiger partial charge < -0.3 is 19.6 Å². The highest BCUT2D eigenvalue weighted by atomic mass is 16.5. The van der Waals surface area contributed by atoms with Crippen molar-refractivity contribution in [2.75, 3.05) is 6.61 Å². The lowest BCUT2D eigenvalue weighted by atomic mass is 9.96. The molecule has 1 aromatic heterocycles. The Morgan fingerprint density at radius 3 is 2.72 bits per heavy atom. The lowest BCUT2D eigenvalue weighted by Crippen LogP contribution is -2.32. The van der Waals surface area contributed by atoms with Crippen molar-refractivity contribution in [1.29, 1.82) is 0 Å². The summed E-state index contributed by atoms with van der Waals surface area (Å²) in [7, 11) is 0. The van der Waals surface area contributed by atoms with Gasteiger partial charge in [0.2, 0.25) is 0 Å². The summed E-state index contributed by atoms with van der Waals surface area (Å²) in [6, 6.07) is 7.02. The van der Waals surface area contributed by atoms with Gasteiger partial charge in [-0.15, -0.1) is 0 Å². The largest absolute Gasteiger partial charge is 0.493 e. The molecule has 0 bridgehead atoms. The number of carboxylic acid groups (broad SMARTS) is 1. The van der Waals surface area contributed by atoms with Gasteiger partial charge in [0.1, 0.15) is 17.1 Å². The number of fused-ring (bicyclic) bond motifs is 1. The Balaban J connectivity index is 1.85. The SMILES string of the molecule is CCc1cccc2c1OCCC2NC(=O)c1cc(C(=O)O)c(CC)o1. The van der Waals surface area contributed by atoms with E-state index in [-0.39, 0.29) is 17.4 Å². The first-order valence-electron chi connectivity index (χ1n) is 8.46. The molecule has 1 amide bonds. The van der Waals surface area contributed by atoms with Gasteiger partial charge in [0.25, 0.3) is 5.91 Å². The second kappa shape index (κ2) is 7.01. The fraction of sp³-hybridized carbons (Fsp3) is 0.368. The molecule has 0 saturated carbocycles. The summed E-state index contributed by atoms with van der Waals surface area (Å²) in [4.78, 5) is 23.8. The van der Waals surface area contributed by atoms with Gasteiger partial charge in [-0.3, -0.25) is 4.79 Å². The number of nitrogens with one attached hydrogen (secondary N) is 1. The Morgan fingerprint density at radius 1 is 1.28 bits per heavy atom. The molecular formula is C19H21NO5. The predicted molar refractivity (Wildman–Crippen MR) is 91.2 cm³/mol. The molecule has 132 valence electrons. The smallest absolute Gasteiger partial charge is 0.339 e. The number of carboxylic acids is 1. The lowest BCUT2D eigenvalue weighted by Gasteiger charge is -2.28. The Bertz CT molecular complexity index is 808. The summed E-state index contributed by atoms with van der Waals surface area (Å²) in [6.07, 6.45) is 1.91. The van der Waals surface area contributed by atoms with E-state index in [1.165, 1.54) is 6.07 Å². The molecule has 0 radical (unpaired) electrons. The molecule has 6 nitrogen and oxygen atoms in total. The van der Waals surface area contributed by atoms with Crippen LogP contribution in [0, 0.1) is 0 Å². The second-order valence-electron chi connectivity index (χ2n) is 5.96. The van der Waals surface area contributed by atoms with Gasteiger partial charge >= 0.3 is 5.97 Å². The summed E-state index contributed by atoms with van der Waals surface area (Å²) in [6.45, 7) is 4.37. The molecule has 25 heavy (non-hydrogen) atoms. The molecule has 0 saturated heterocycles. The average Bonchev–Trinajstić information content (AvgIpc) is 3.06. The van der Waals surface area contributed by atoms with Crippen molar-refractivity contribution in [3.63, 3.8) is 0 Å². The number of benzene rings is 1. The van der Waals surface area contributed by atoms with Crippen LogP contribution in [0.25, 0.3) is 0 Å². The summed E-state index contributed by atoms with van der Waals surface area (Å²) < 4.78 is 11.2. The third-order valence-corrected chi connectivity index (χ3v) is 4.43. The second-order valence-corrected chi connectivity index (χ2v) is 5.96. The number of carbonyl (C=O) groups excluding carboxylic acids is 1. The lowest BCUT2D eigenvalue weighted by molar-refractivity contribution is 0.0694. The van der Waals surface area contributed by atoms with Crippen molar-refractivity contribution in [3.8, 4) is 5.75 Å². The van der Waals surface area contributed by atoms with Gasteiger partial charge in [0.05, 0.1) is 12.6 Å². The summed E-state index contributed by atoms with van der Waals surface area (Å²) in [5.74, 6) is -0.348. The molecule has 1 atom stereocenters. The number of hydrogen-bond acceptors (Lipinski definition) is 4. The van der Waals surface area contributed by atoms with Crippen LogP contribution in [-0.4, -0.2) is 23.6 Å². The van der Waals surface area contributed by atoms with Crippen LogP contribution in [0.4, 0.5) is 0 Å². The van der Waals surface area contributed by atoms with Crippen molar-refractivity contribution < 1.29 is 23.8 Å². The van der Waals surface area contributed by atoms with Gasteiger partial charge in [-0.1, -0.05) is 32.0 Å². The molecule has 1 aromatic carbocycles. The van der Waals surface area contributed by atoms with Crippen LogP contribution in [0.3, 0.4) is 0 Å². The summed E-state index contributed by atoms with van der Waals surface area (Å²) in [5.41, 5.74) is 2.09. The van der Waals surface area contributed by atoms with Crippen molar-refractivity contribution in [1.82, 2.24) is 5.32 Å². The Hall–Kier alpha value is -2.76. The molecule has 0 fully saturated rings. The van der Waals surface area contributed by atoms with Gasteiger partial charge in [-0.05, 0) is 12.0 Å². The van der Waals surface area contributed by atoms with Crippen LogP contribution < -0.4 is 10.1 Å². The highest BCUT2D eigenvalue weighted by Gasteiger charge is 2.27. The predicted octanol–water partition coefficient (Wildman–Crippen LogP) is 3.36. The average molecular weight is 343 g/mol. The van der Waals surface area contributed by atoms with E-state index in [0.29, 0.717) is 25.2 Å². The Labute approximate surface area is 145 Å². The maximum atomic E-state index is 12.5. The molecule has 0 aliphatic carbocycles. The molecule has 2 N–H and O–H groups in total. The van der Waals surface area contributed by atoms with E-state index in [1.54, 1.807) is 6.92 Å². The van der Waals surface area contributed by atoms with Gasteiger partial charge in [0.15, 0.2) is 5.76 Å². The zero-order chi connectivity index (χ0) is 18.0. The highest BCUT2D eigenvalue weighted by molar-refractivity contribution is 5.96. The van der Waals surface area contributed by atoms with E-state index in [9.17, 15) is 14.7 Å². The molecule has 3 rings (SSSR count). The first kappa shape index (κ1) is 17.1. The van der Waals surface area contributed by atoms with Gasteiger partial charge in [-0.2, -0.15) is 0 Å². The van der Waals surface area contributed by atoms with Crippen molar-refractivity contribution >= 4 is 11.9 Å². The van der Waals surface area contributed by atoms with Crippen LogP contribution in [0.5, 0.6) is 5.75 Å². The third kappa shape index (κ3) is 3.24. The van der Waals surface area contributed by atoms with Gasteiger partial charge in [-0.25, -0.2) is 4.79 Å². The first-order valence-corrected chi connectivity index (χ1v) is 8.46. The number of ether oxygens (including phenoxy) is 1. The normalized spacial score (nSPS) is 16.0. The maximum Gasteiger partial charge on any atom is 0.339 e. The Morgan fingerprint density at radius 2 is 2.08 bits per heavy atom. The van der Waals surface area contributed by atoms with Crippen LogP contribution in [0.2, 0.25) is 0 Å². The highest BCUT2D eigenvalue weighted by Crippen LogP contribution is 2.35. The minimum atomic E-state index is -1.09. The topological polar surface area (TPSA) is 88.8 Å². The number of rotatable bonds is 5. The molecule has 2 heterocycles. The molecule has 1 aliphatic rings. The number of aryl methyl sites for hydroxylation is 2. The van der Waals surface area contributed by atoms with Crippen molar-refractivity contribution in [3.05, 3.63) is 52.5 Å². The van der Waals surface area contributed by atoms with E-state index >= 15 is 0 Å². The number of furan rings is 1. The number of hydrogen-bond donors (Lipinski definition) is 2. The summed E-state index contributed by atoms with van der Waals surface area (Å²) in [5, 5.41) is 12.1.